The van der Waals surface area contributed by atoms with Gasteiger partial charge in [0.1, 0.15) is 12.3 Å². The van der Waals surface area contributed by atoms with Crippen molar-refractivity contribution >= 4 is 20.2 Å². The highest BCUT2D eigenvalue weighted by Gasteiger charge is 2.63. The van der Waals surface area contributed by atoms with Gasteiger partial charge in [0.2, 0.25) is 5.91 Å². The average Bonchev–Trinajstić information content (AvgIpc) is 2.90. The van der Waals surface area contributed by atoms with Crippen LogP contribution in [0.5, 0.6) is 0 Å². The Hall–Kier alpha value is -1.44. The lowest BCUT2D eigenvalue weighted by Gasteiger charge is -2.50. The fourth-order valence-corrected chi connectivity index (χ4v) is 6.18. The molecule has 1 unspecified atom stereocenters. The molecular weight excluding hydrogens is 386 g/mol. The third-order valence-corrected chi connectivity index (χ3v) is 11.8. The number of ether oxygens (including phenoxy) is 1. The first kappa shape index (κ1) is 22.2. The minimum atomic E-state index is -2.04. The van der Waals surface area contributed by atoms with Gasteiger partial charge in [-0.25, -0.2) is 4.79 Å². The summed E-state index contributed by atoms with van der Waals surface area (Å²) in [6, 6.07) is -0.126. The van der Waals surface area contributed by atoms with Crippen molar-refractivity contribution in [3.63, 3.8) is 0 Å². The summed E-state index contributed by atoms with van der Waals surface area (Å²) in [5, 5.41) is 10.7. The number of carbonyl (C=O) groups is 2. The highest BCUT2D eigenvalue weighted by atomic mass is 28.4. The lowest BCUT2D eigenvalue weighted by atomic mass is 9.72. The first-order valence-corrected chi connectivity index (χ1v) is 13.5. The van der Waals surface area contributed by atoms with E-state index in [0.29, 0.717) is 12.0 Å². The number of amides is 1. The van der Waals surface area contributed by atoms with E-state index < -0.39 is 20.4 Å². The minimum absolute atomic E-state index is 0.00167. The molecule has 0 bridgehead atoms. The van der Waals surface area contributed by atoms with Crippen LogP contribution in [-0.4, -0.2) is 55.1 Å². The number of carbonyl (C=O) groups excluding carboxylic acids is 2. The second-order valence-electron chi connectivity index (χ2n) is 10.1. The zero-order valence-electron chi connectivity index (χ0n) is 18.5. The topological polar surface area (TPSA) is 76.1 Å². The van der Waals surface area contributed by atoms with Crippen LogP contribution in [0, 0.1) is 11.8 Å². The van der Waals surface area contributed by atoms with Gasteiger partial charge in [-0.1, -0.05) is 33.4 Å². The van der Waals surface area contributed by atoms with Crippen molar-refractivity contribution in [2.75, 3.05) is 6.61 Å². The molecule has 2 heterocycles. The monoisotopic (exact) mass is 421 g/mol. The molecule has 7 heteroatoms. The van der Waals surface area contributed by atoms with Crippen LogP contribution in [0.1, 0.15) is 47.0 Å². The highest BCUT2D eigenvalue weighted by Crippen LogP contribution is 2.53. The smallest absolute Gasteiger partial charge is 0.355 e. The number of nitrogens with zero attached hydrogens (tertiary/aromatic N) is 1. The Morgan fingerprint density at radius 1 is 1.38 bits per heavy atom. The number of fused-ring (bicyclic) bond motifs is 3. The zero-order chi connectivity index (χ0) is 21.7. The van der Waals surface area contributed by atoms with E-state index in [1.54, 1.807) is 4.90 Å². The molecule has 29 heavy (non-hydrogen) atoms. The fourth-order valence-electron chi connectivity index (χ4n) is 4.75. The van der Waals surface area contributed by atoms with Gasteiger partial charge in [0, 0.05) is 5.92 Å². The number of rotatable bonds is 6. The lowest BCUT2D eigenvalue weighted by molar-refractivity contribution is -0.163. The molecular formula is C22H35NO5Si. The van der Waals surface area contributed by atoms with Crippen LogP contribution < -0.4 is 0 Å². The van der Waals surface area contributed by atoms with Gasteiger partial charge in [-0.2, -0.15) is 0 Å². The quantitative estimate of drug-likeness (QED) is 0.308. The van der Waals surface area contributed by atoms with Crippen molar-refractivity contribution < 1.29 is 23.9 Å². The summed E-state index contributed by atoms with van der Waals surface area (Å²) in [5.74, 6) is -0.934. The lowest BCUT2D eigenvalue weighted by Crippen LogP contribution is -2.65. The molecule has 0 aromatic rings. The van der Waals surface area contributed by atoms with Crippen molar-refractivity contribution in [2.45, 2.75) is 83.3 Å². The van der Waals surface area contributed by atoms with E-state index in [4.69, 9.17) is 9.16 Å². The Bertz CT molecular complexity index is 738. The molecule has 1 saturated carbocycles. The van der Waals surface area contributed by atoms with Crippen LogP contribution in [-0.2, 0) is 18.8 Å². The molecule has 162 valence electrons. The molecule has 3 aliphatic rings. The maximum Gasteiger partial charge on any atom is 0.355 e. The molecule has 2 aliphatic heterocycles. The van der Waals surface area contributed by atoms with E-state index in [9.17, 15) is 14.7 Å². The predicted octanol–water partition coefficient (Wildman–Crippen LogP) is 3.38. The van der Waals surface area contributed by atoms with Crippen LogP contribution in [0.3, 0.4) is 0 Å². The van der Waals surface area contributed by atoms with Crippen LogP contribution in [0.15, 0.2) is 23.9 Å². The van der Waals surface area contributed by atoms with Crippen molar-refractivity contribution in [1.82, 2.24) is 4.90 Å². The third-order valence-electron chi connectivity index (χ3n) is 7.18. The Morgan fingerprint density at radius 2 is 2.03 bits per heavy atom. The molecule has 0 aromatic carbocycles. The van der Waals surface area contributed by atoms with Gasteiger partial charge >= 0.3 is 5.97 Å². The van der Waals surface area contributed by atoms with Gasteiger partial charge in [0.25, 0.3) is 0 Å². The van der Waals surface area contributed by atoms with Crippen LogP contribution in [0.4, 0.5) is 0 Å². The normalized spacial score (nSPS) is 30.4. The molecule has 1 amide bonds. The Labute approximate surface area is 175 Å². The van der Waals surface area contributed by atoms with E-state index >= 15 is 0 Å². The molecule has 1 saturated heterocycles. The minimum Gasteiger partial charge on any atom is -0.457 e. The summed E-state index contributed by atoms with van der Waals surface area (Å²) >= 11 is 0. The largest absolute Gasteiger partial charge is 0.457 e. The van der Waals surface area contributed by atoms with Gasteiger partial charge in [-0.05, 0) is 49.9 Å². The Balaban J connectivity index is 1.88. The van der Waals surface area contributed by atoms with Crippen molar-refractivity contribution in [3.8, 4) is 0 Å². The van der Waals surface area contributed by atoms with Gasteiger partial charge in [0.05, 0.1) is 24.2 Å². The standard InChI is InChI=1S/C22H35NO5Si/c1-8-12-27-21(26)19-17-14(10-9-11-15(17)24)18-16(20(25)23(18)19)13(2)28-29(6,7)22(3,4)5/h8,13-16,18,24H,1,9-12H2,2-7H3/t13?,14-,15+,16-,18-/m1/s1. The zero-order valence-corrected chi connectivity index (χ0v) is 19.5. The molecule has 0 radical (unpaired) electrons. The maximum absolute atomic E-state index is 13.2. The molecule has 1 aliphatic carbocycles. The number of hydrogen-bond donors (Lipinski definition) is 1. The van der Waals surface area contributed by atoms with Crippen molar-refractivity contribution in [2.24, 2.45) is 11.8 Å². The maximum atomic E-state index is 13.2. The second kappa shape index (κ2) is 7.67. The SMILES string of the molecule is C=CCOC(=O)C1=C2[C@@H](CCC[C@@H]2O)[C@@H]2[C@@H](C(C)O[Si](C)(C)C(C)(C)C)C(=O)N12. The number of esters is 1. The first-order chi connectivity index (χ1) is 13.4. The average molecular weight is 422 g/mol. The number of aliphatic hydroxyl groups is 1. The molecule has 3 rings (SSSR count). The fraction of sp³-hybridized carbons (Fsp3) is 0.727. The predicted molar refractivity (Wildman–Crippen MR) is 113 cm³/mol. The van der Waals surface area contributed by atoms with E-state index in [-0.39, 0.29) is 47.2 Å². The van der Waals surface area contributed by atoms with Crippen LogP contribution in [0.25, 0.3) is 0 Å². The molecule has 5 atom stereocenters. The molecule has 2 fully saturated rings. The van der Waals surface area contributed by atoms with Crippen molar-refractivity contribution in [3.05, 3.63) is 23.9 Å². The molecule has 1 N–H and O–H groups in total. The second-order valence-corrected chi connectivity index (χ2v) is 14.8. The third kappa shape index (κ3) is 3.62. The number of β-lactam (4-membered cyclic amide) rings is 1. The molecule has 0 aromatic heterocycles. The summed E-state index contributed by atoms with van der Waals surface area (Å²) in [6.07, 6.45) is 2.93. The van der Waals surface area contributed by atoms with E-state index in [1.807, 2.05) is 6.92 Å². The summed E-state index contributed by atoms with van der Waals surface area (Å²) in [5.41, 5.74) is 0.945. The van der Waals surface area contributed by atoms with Gasteiger partial charge in [0.15, 0.2) is 8.32 Å². The van der Waals surface area contributed by atoms with Gasteiger partial charge in [-0.3, -0.25) is 4.79 Å². The molecule has 0 spiro atoms. The van der Waals surface area contributed by atoms with E-state index in [0.717, 1.165) is 12.8 Å². The highest BCUT2D eigenvalue weighted by molar-refractivity contribution is 6.74. The number of hydrogen-bond acceptors (Lipinski definition) is 5. The summed E-state index contributed by atoms with van der Waals surface area (Å²) in [4.78, 5) is 27.5. The van der Waals surface area contributed by atoms with Gasteiger partial charge < -0.3 is 19.2 Å². The Kier molecular flexibility index (Phi) is 5.88. The first-order valence-electron chi connectivity index (χ1n) is 10.6. The van der Waals surface area contributed by atoms with E-state index in [1.165, 1.54) is 6.08 Å². The Morgan fingerprint density at radius 3 is 2.62 bits per heavy atom. The summed E-state index contributed by atoms with van der Waals surface area (Å²) in [6.45, 7) is 16.5. The number of aliphatic hydroxyl groups excluding tert-OH is 1. The summed E-state index contributed by atoms with van der Waals surface area (Å²) in [7, 11) is -2.04. The van der Waals surface area contributed by atoms with Crippen LogP contribution in [0.2, 0.25) is 18.1 Å². The van der Waals surface area contributed by atoms with Crippen molar-refractivity contribution in [1.29, 1.82) is 0 Å². The van der Waals surface area contributed by atoms with Crippen LogP contribution >= 0.6 is 0 Å². The summed E-state index contributed by atoms with van der Waals surface area (Å²) < 4.78 is 11.8. The molecule has 6 nitrogen and oxygen atoms in total. The van der Waals surface area contributed by atoms with E-state index in [2.05, 4.69) is 40.4 Å². The van der Waals surface area contributed by atoms with Gasteiger partial charge in [-0.15, -0.1) is 0 Å².